The molecule has 5 heteroatoms. The summed E-state index contributed by atoms with van der Waals surface area (Å²) in [6, 6.07) is 9.22. The summed E-state index contributed by atoms with van der Waals surface area (Å²) < 4.78 is 5.26. The molecular formula is C13H13ClN2OS. The molecule has 94 valence electrons. The first kappa shape index (κ1) is 12.9. The lowest BCUT2D eigenvalue weighted by atomic mass is 10.1. The Morgan fingerprint density at radius 2 is 2.22 bits per heavy atom. The number of hydrogen-bond donors (Lipinski definition) is 2. The Hall–Kier alpha value is -1.52. The van der Waals surface area contributed by atoms with Gasteiger partial charge in [0.2, 0.25) is 0 Å². The van der Waals surface area contributed by atoms with Crippen molar-refractivity contribution in [1.82, 2.24) is 0 Å². The molecule has 0 saturated carbocycles. The molecule has 0 aliphatic heterocycles. The van der Waals surface area contributed by atoms with Gasteiger partial charge in [0, 0.05) is 29.2 Å². The van der Waals surface area contributed by atoms with Gasteiger partial charge in [0.1, 0.15) is 10.7 Å². The van der Waals surface area contributed by atoms with Gasteiger partial charge < -0.3 is 15.5 Å². The van der Waals surface area contributed by atoms with Gasteiger partial charge in [0.25, 0.3) is 0 Å². The lowest BCUT2D eigenvalue weighted by Crippen LogP contribution is -2.14. The zero-order valence-corrected chi connectivity index (χ0v) is 11.2. The van der Waals surface area contributed by atoms with Crippen molar-refractivity contribution in [2.24, 2.45) is 5.73 Å². The molecule has 0 fully saturated rings. The minimum atomic E-state index is 0.354. The number of nitrogens with one attached hydrogen (secondary N) is 1. The van der Waals surface area contributed by atoms with E-state index in [1.165, 1.54) is 0 Å². The predicted octanol–water partition coefficient (Wildman–Crippen LogP) is 3.22. The molecule has 1 heterocycles. The van der Waals surface area contributed by atoms with Crippen molar-refractivity contribution in [2.45, 2.75) is 6.42 Å². The molecule has 2 rings (SSSR count). The Kier molecular flexibility index (Phi) is 4.23. The standard InChI is InChI=1S/C13H13ClN2OS/c14-9-3-4-11(13(15)18)12(8-9)16-6-5-10-2-1-7-17-10/h1-4,7-8,16H,5-6H2,(H2,15,18). The van der Waals surface area contributed by atoms with Crippen molar-refractivity contribution in [2.75, 3.05) is 11.9 Å². The predicted molar refractivity (Wildman–Crippen MR) is 78.2 cm³/mol. The lowest BCUT2D eigenvalue weighted by Gasteiger charge is -2.11. The van der Waals surface area contributed by atoms with E-state index in [1.807, 2.05) is 24.3 Å². The van der Waals surface area contributed by atoms with Crippen molar-refractivity contribution in [1.29, 1.82) is 0 Å². The monoisotopic (exact) mass is 280 g/mol. The van der Waals surface area contributed by atoms with Crippen LogP contribution in [0, 0.1) is 0 Å². The number of nitrogens with two attached hydrogens (primary N) is 1. The first-order chi connectivity index (χ1) is 8.66. The number of benzene rings is 1. The van der Waals surface area contributed by atoms with Gasteiger partial charge in [-0.1, -0.05) is 23.8 Å². The lowest BCUT2D eigenvalue weighted by molar-refractivity contribution is 0.513. The smallest absolute Gasteiger partial charge is 0.106 e. The van der Waals surface area contributed by atoms with Gasteiger partial charge in [-0.15, -0.1) is 0 Å². The highest BCUT2D eigenvalue weighted by Crippen LogP contribution is 2.21. The average Bonchev–Trinajstić information content (AvgIpc) is 2.82. The molecule has 0 radical (unpaired) electrons. The zero-order chi connectivity index (χ0) is 13.0. The summed E-state index contributed by atoms with van der Waals surface area (Å²) in [6.45, 7) is 0.726. The molecule has 0 aliphatic carbocycles. The van der Waals surface area contributed by atoms with Crippen molar-refractivity contribution in [3.05, 3.63) is 52.9 Å². The number of furan rings is 1. The van der Waals surface area contributed by atoms with E-state index in [9.17, 15) is 0 Å². The average molecular weight is 281 g/mol. The number of thiocarbonyl (C=S) groups is 1. The van der Waals surface area contributed by atoms with E-state index in [4.69, 9.17) is 34.0 Å². The molecule has 0 spiro atoms. The largest absolute Gasteiger partial charge is 0.469 e. The number of hydrogen-bond acceptors (Lipinski definition) is 3. The van der Waals surface area contributed by atoms with Crippen LogP contribution in [0.4, 0.5) is 5.69 Å². The Bertz CT molecular complexity index is 540. The van der Waals surface area contributed by atoms with Crippen molar-refractivity contribution in [3.8, 4) is 0 Å². The molecule has 1 aromatic carbocycles. The number of halogens is 1. The Morgan fingerprint density at radius 1 is 1.39 bits per heavy atom. The van der Waals surface area contributed by atoms with Gasteiger partial charge in [-0.25, -0.2) is 0 Å². The van der Waals surface area contributed by atoms with Crippen LogP contribution in [0.1, 0.15) is 11.3 Å². The number of anilines is 1. The summed E-state index contributed by atoms with van der Waals surface area (Å²) in [5.74, 6) is 0.932. The van der Waals surface area contributed by atoms with Crippen molar-refractivity contribution < 1.29 is 4.42 Å². The second-order valence-corrected chi connectivity index (χ2v) is 4.69. The van der Waals surface area contributed by atoms with E-state index in [-0.39, 0.29) is 0 Å². The van der Waals surface area contributed by atoms with Gasteiger partial charge in [-0.2, -0.15) is 0 Å². The van der Waals surface area contributed by atoms with E-state index in [2.05, 4.69) is 5.32 Å². The van der Waals surface area contributed by atoms with Crippen LogP contribution in [0.15, 0.2) is 41.0 Å². The summed E-state index contributed by atoms with van der Waals surface area (Å²) in [5, 5.41) is 3.91. The van der Waals surface area contributed by atoms with Gasteiger partial charge in [0.15, 0.2) is 0 Å². The Balaban J connectivity index is 2.03. The Labute approximate surface area is 116 Å². The van der Waals surface area contributed by atoms with Crippen LogP contribution in [0.2, 0.25) is 5.02 Å². The van der Waals surface area contributed by atoms with Crippen LogP contribution >= 0.6 is 23.8 Å². The summed E-state index contributed by atoms with van der Waals surface area (Å²) in [4.78, 5) is 0.354. The maximum atomic E-state index is 5.96. The van der Waals surface area contributed by atoms with Gasteiger partial charge >= 0.3 is 0 Å². The van der Waals surface area contributed by atoms with Gasteiger partial charge in [0.05, 0.1) is 6.26 Å². The third kappa shape index (κ3) is 3.24. The fourth-order valence-electron chi connectivity index (χ4n) is 1.65. The quantitative estimate of drug-likeness (QED) is 0.826. The third-order valence-electron chi connectivity index (χ3n) is 2.51. The molecule has 0 unspecified atom stereocenters. The zero-order valence-electron chi connectivity index (χ0n) is 9.65. The topological polar surface area (TPSA) is 51.2 Å². The minimum absolute atomic E-state index is 0.354. The molecule has 1 aromatic heterocycles. The van der Waals surface area contributed by atoms with Crippen molar-refractivity contribution in [3.63, 3.8) is 0 Å². The molecule has 2 aromatic rings. The Morgan fingerprint density at radius 3 is 2.89 bits per heavy atom. The van der Waals surface area contributed by atoms with Crippen LogP contribution in [-0.2, 0) is 6.42 Å². The van der Waals surface area contributed by atoms with Crippen molar-refractivity contribution >= 4 is 34.5 Å². The second kappa shape index (κ2) is 5.89. The van der Waals surface area contributed by atoms with Gasteiger partial charge in [-0.3, -0.25) is 0 Å². The van der Waals surface area contributed by atoms with Crippen LogP contribution in [0.3, 0.4) is 0 Å². The summed E-state index contributed by atoms with van der Waals surface area (Å²) in [7, 11) is 0. The minimum Gasteiger partial charge on any atom is -0.469 e. The molecule has 0 bridgehead atoms. The maximum Gasteiger partial charge on any atom is 0.106 e. The fourth-order valence-corrected chi connectivity index (χ4v) is 2.00. The second-order valence-electron chi connectivity index (χ2n) is 3.81. The van der Waals surface area contributed by atoms with Gasteiger partial charge in [-0.05, 0) is 30.3 Å². The van der Waals surface area contributed by atoms with Crippen LogP contribution in [0.5, 0.6) is 0 Å². The fraction of sp³-hybridized carbons (Fsp3) is 0.154. The highest BCUT2D eigenvalue weighted by Gasteiger charge is 2.06. The first-order valence-corrected chi connectivity index (χ1v) is 6.31. The molecule has 18 heavy (non-hydrogen) atoms. The van der Waals surface area contributed by atoms with E-state index in [0.29, 0.717) is 10.0 Å². The van der Waals surface area contributed by atoms with E-state index >= 15 is 0 Å². The first-order valence-electron chi connectivity index (χ1n) is 5.52. The molecule has 0 atom stereocenters. The summed E-state index contributed by atoms with van der Waals surface area (Å²) in [5.41, 5.74) is 7.31. The maximum absolute atomic E-state index is 5.96. The highest BCUT2D eigenvalue weighted by atomic mass is 35.5. The molecule has 0 aliphatic rings. The molecule has 0 saturated heterocycles. The summed E-state index contributed by atoms with van der Waals surface area (Å²) >= 11 is 11.0. The third-order valence-corrected chi connectivity index (χ3v) is 2.97. The van der Waals surface area contributed by atoms with Crippen LogP contribution in [0.25, 0.3) is 0 Å². The van der Waals surface area contributed by atoms with E-state index in [1.54, 1.807) is 12.3 Å². The molecule has 3 N–H and O–H groups in total. The molecule has 0 amide bonds. The summed E-state index contributed by atoms with van der Waals surface area (Å²) in [6.07, 6.45) is 2.45. The van der Waals surface area contributed by atoms with Crippen LogP contribution in [-0.4, -0.2) is 11.5 Å². The van der Waals surface area contributed by atoms with E-state index in [0.717, 1.165) is 30.0 Å². The van der Waals surface area contributed by atoms with Crippen LogP contribution < -0.4 is 11.1 Å². The normalized spacial score (nSPS) is 10.3. The highest BCUT2D eigenvalue weighted by molar-refractivity contribution is 7.80. The molecule has 3 nitrogen and oxygen atoms in total. The molecular weight excluding hydrogens is 268 g/mol. The SMILES string of the molecule is NC(=S)c1ccc(Cl)cc1NCCc1ccco1. The van der Waals surface area contributed by atoms with E-state index < -0.39 is 0 Å². The number of rotatable bonds is 5.